The molecule has 1 aliphatic rings. The molecule has 0 atom stereocenters. The van der Waals surface area contributed by atoms with Crippen molar-refractivity contribution in [2.24, 2.45) is 0 Å². The summed E-state index contributed by atoms with van der Waals surface area (Å²) < 4.78 is 15.9. The zero-order chi connectivity index (χ0) is 25.2. The summed E-state index contributed by atoms with van der Waals surface area (Å²) in [5.41, 5.74) is 3.30. The zero-order valence-corrected chi connectivity index (χ0v) is 19.7. The Labute approximate surface area is 207 Å². The molecule has 1 saturated heterocycles. The number of carbonyl (C=O) groups is 1. The van der Waals surface area contributed by atoms with Crippen molar-refractivity contribution >= 4 is 17.3 Å². The highest BCUT2D eigenvalue weighted by atomic mass is 19.1. The van der Waals surface area contributed by atoms with Crippen molar-refractivity contribution < 1.29 is 14.1 Å². The van der Waals surface area contributed by atoms with Crippen molar-refractivity contribution in [3.8, 4) is 16.9 Å². The third kappa shape index (κ3) is 4.43. The molecule has 0 bridgehead atoms. The maximum Gasteiger partial charge on any atom is 0.272 e. The van der Waals surface area contributed by atoms with Crippen LogP contribution in [-0.4, -0.2) is 51.7 Å². The van der Waals surface area contributed by atoms with Gasteiger partial charge in [0.25, 0.3) is 11.6 Å². The molecule has 1 aliphatic heterocycles. The Morgan fingerprint density at radius 3 is 2.39 bits per heavy atom. The number of para-hydroxylation sites is 1. The Bertz CT molecular complexity index is 1440. The fraction of sp³-hybridized carbons (Fsp3) is 0.185. The third-order valence-electron chi connectivity index (χ3n) is 6.39. The molecule has 3 aromatic carbocycles. The van der Waals surface area contributed by atoms with Gasteiger partial charge in [-0.3, -0.25) is 14.9 Å². The largest absolute Gasteiger partial charge is 0.368 e. The van der Waals surface area contributed by atoms with Crippen LogP contribution in [0.1, 0.15) is 16.1 Å². The van der Waals surface area contributed by atoms with Crippen LogP contribution in [0.2, 0.25) is 0 Å². The maximum absolute atomic E-state index is 14.5. The van der Waals surface area contributed by atoms with Crippen LogP contribution in [-0.2, 0) is 0 Å². The lowest BCUT2D eigenvalue weighted by molar-refractivity contribution is -0.384. The average molecular weight is 486 g/mol. The minimum atomic E-state index is -0.503. The Morgan fingerprint density at radius 1 is 0.944 bits per heavy atom. The van der Waals surface area contributed by atoms with Crippen LogP contribution in [0, 0.1) is 22.9 Å². The quantitative estimate of drug-likeness (QED) is 0.298. The molecular formula is C27H24FN5O3. The number of aryl methyl sites for hydroxylation is 1. The first-order chi connectivity index (χ1) is 17.4. The van der Waals surface area contributed by atoms with Gasteiger partial charge >= 0.3 is 0 Å². The summed E-state index contributed by atoms with van der Waals surface area (Å²) in [5, 5.41) is 15.8. The lowest BCUT2D eigenvalue weighted by Gasteiger charge is -2.36. The Kier molecular flexibility index (Phi) is 6.20. The number of nitrogens with zero attached hydrogens (tertiary/aromatic N) is 5. The normalized spacial score (nSPS) is 13.6. The van der Waals surface area contributed by atoms with Crippen molar-refractivity contribution in [2.75, 3.05) is 31.1 Å². The van der Waals surface area contributed by atoms with E-state index in [1.165, 1.54) is 34.5 Å². The minimum Gasteiger partial charge on any atom is -0.368 e. The van der Waals surface area contributed by atoms with Gasteiger partial charge in [0.05, 0.1) is 16.3 Å². The number of amides is 1. The fourth-order valence-corrected chi connectivity index (χ4v) is 4.50. The first-order valence-electron chi connectivity index (χ1n) is 11.6. The monoisotopic (exact) mass is 485 g/mol. The number of hydrogen-bond donors (Lipinski definition) is 0. The zero-order valence-electron chi connectivity index (χ0n) is 19.7. The number of rotatable bonds is 5. The van der Waals surface area contributed by atoms with E-state index in [0.717, 1.165) is 5.69 Å². The highest BCUT2D eigenvalue weighted by molar-refractivity contribution is 5.94. The fourth-order valence-electron chi connectivity index (χ4n) is 4.50. The molecule has 1 amide bonds. The summed E-state index contributed by atoms with van der Waals surface area (Å²) in [6.45, 7) is 4.41. The number of nitro groups is 1. The summed E-state index contributed by atoms with van der Waals surface area (Å²) >= 11 is 0. The van der Waals surface area contributed by atoms with Crippen molar-refractivity contribution in [3.05, 3.63) is 106 Å². The molecule has 8 nitrogen and oxygen atoms in total. The second-order valence-electron chi connectivity index (χ2n) is 8.65. The summed E-state index contributed by atoms with van der Waals surface area (Å²) in [5.74, 6) is -0.729. The van der Waals surface area contributed by atoms with E-state index in [1.807, 2.05) is 12.1 Å². The molecule has 4 aromatic rings. The number of benzene rings is 3. The Morgan fingerprint density at radius 2 is 1.67 bits per heavy atom. The smallest absolute Gasteiger partial charge is 0.272 e. The number of hydrogen-bond acceptors (Lipinski definition) is 5. The van der Waals surface area contributed by atoms with Crippen LogP contribution in [0.15, 0.2) is 78.9 Å². The summed E-state index contributed by atoms with van der Waals surface area (Å²) in [7, 11) is 0. The van der Waals surface area contributed by atoms with E-state index in [1.54, 1.807) is 35.2 Å². The predicted octanol–water partition coefficient (Wildman–Crippen LogP) is 4.86. The average Bonchev–Trinajstić information content (AvgIpc) is 3.34. The van der Waals surface area contributed by atoms with E-state index >= 15 is 0 Å². The molecule has 2 heterocycles. The van der Waals surface area contributed by atoms with Crippen LogP contribution in [0.25, 0.3) is 16.9 Å². The van der Waals surface area contributed by atoms with E-state index in [0.29, 0.717) is 31.9 Å². The van der Waals surface area contributed by atoms with Gasteiger partial charge in [0, 0.05) is 49.6 Å². The molecule has 0 unspecified atom stereocenters. The molecular weight excluding hydrogens is 461 g/mol. The molecule has 1 aromatic heterocycles. The van der Waals surface area contributed by atoms with Gasteiger partial charge in [0.1, 0.15) is 11.5 Å². The van der Waals surface area contributed by atoms with Gasteiger partial charge < -0.3 is 9.80 Å². The van der Waals surface area contributed by atoms with Gasteiger partial charge in [-0.25, -0.2) is 9.07 Å². The second-order valence-corrected chi connectivity index (χ2v) is 8.65. The lowest BCUT2D eigenvalue weighted by atomic mass is 10.1. The van der Waals surface area contributed by atoms with Crippen LogP contribution in [0.5, 0.6) is 0 Å². The van der Waals surface area contributed by atoms with E-state index < -0.39 is 10.7 Å². The van der Waals surface area contributed by atoms with Gasteiger partial charge in [-0.2, -0.15) is 5.10 Å². The number of piperazine rings is 1. The summed E-state index contributed by atoms with van der Waals surface area (Å²) in [4.78, 5) is 28.5. The Hall–Kier alpha value is -4.53. The van der Waals surface area contributed by atoms with Crippen LogP contribution >= 0.6 is 0 Å². The van der Waals surface area contributed by atoms with Crippen molar-refractivity contribution in [1.82, 2.24) is 14.7 Å². The van der Waals surface area contributed by atoms with Gasteiger partial charge in [-0.15, -0.1) is 0 Å². The molecule has 182 valence electrons. The van der Waals surface area contributed by atoms with Gasteiger partial charge in [-0.1, -0.05) is 36.4 Å². The second kappa shape index (κ2) is 9.61. The number of aromatic nitrogens is 2. The molecule has 0 spiro atoms. The van der Waals surface area contributed by atoms with Crippen LogP contribution in [0.3, 0.4) is 0 Å². The molecule has 0 saturated carbocycles. The van der Waals surface area contributed by atoms with Crippen LogP contribution in [0.4, 0.5) is 15.8 Å². The molecule has 0 aliphatic carbocycles. The standard InChI is InChI=1S/C27H24FN5O3/c1-19-7-2-5-12-25(19)30-13-15-31(16-14-30)27(34)26-18-24(22-10-3-4-11-23(22)28)29-32(26)20-8-6-9-21(17-20)33(35)36/h2-12,17-18H,13-16H2,1H3. The van der Waals surface area contributed by atoms with Crippen molar-refractivity contribution in [3.63, 3.8) is 0 Å². The number of halogens is 1. The molecule has 5 rings (SSSR count). The SMILES string of the molecule is Cc1ccccc1N1CCN(C(=O)c2cc(-c3ccccc3F)nn2-c2cccc([N+](=O)[O-])c2)CC1. The molecule has 36 heavy (non-hydrogen) atoms. The van der Waals surface area contributed by atoms with Crippen molar-refractivity contribution in [2.45, 2.75) is 6.92 Å². The van der Waals surface area contributed by atoms with Crippen LogP contribution < -0.4 is 4.90 Å². The minimum absolute atomic E-state index is 0.124. The first kappa shape index (κ1) is 23.2. The lowest BCUT2D eigenvalue weighted by Crippen LogP contribution is -2.49. The van der Waals surface area contributed by atoms with E-state index in [4.69, 9.17) is 0 Å². The van der Waals surface area contributed by atoms with Gasteiger partial charge in [0.2, 0.25) is 0 Å². The molecule has 1 fully saturated rings. The van der Waals surface area contributed by atoms with Crippen molar-refractivity contribution in [1.29, 1.82) is 0 Å². The number of carbonyl (C=O) groups excluding carboxylic acids is 1. The summed E-state index contributed by atoms with van der Waals surface area (Å²) in [6.07, 6.45) is 0. The topological polar surface area (TPSA) is 84.5 Å². The highest BCUT2D eigenvalue weighted by Crippen LogP contribution is 2.27. The van der Waals surface area contributed by atoms with E-state index in [2.05, 4.69) is 29.1 Å². The predicted molar refractivity (Wildman–Crippen MR) is 135 cm³/mol. The number of non-ortho nitro benzene ring substituents is 1. The van der Waals surface area contributed by atoms with E-state index in [-0.39, 0.29) is 28.5 Å². The number of nitro benzene ring substituents is 1. The highest BCUT2D eigenvalue weighted by Gasteiger charge is 2.27. The molecule has 0 radical (unpaired) electrons. The maximum atomic E-state index is 14.5. The molecule has 9 heteroatoms. The van der Waals surface area contributed by atoms with Gasteiger partial charge in [0.15, 0.2) is 0 Å². The number of anilines is 1. The molecule has 0 N–H and O–H groups in total. The van der Waals surface area contributed by atoms with Gasteiger partial charge in [-0.05, 0) is 42.8 Å². The Balaban J connectivity index is 1.48. The summed E-state index contributed by atoms with van der Waals surface area (Å²) in [6, 6.07) is 21.8. The third-order valence-corrected chi connectivity index (χ3v) is 6.39. The first-order valence-corrected chi connectivity index (χ1v) is 11.6. The van der Waals surface area contributed by atoms with E-state index in [9.17, 15) is 19.3 Å².